The molecule has 1 aliphatic rings. The number of aliphatic hydroxyl groups is 1. The van der Waals surface area contributed by atoms with Gasteiger partial charge < -0.3 is 5.11 Å². The summed E-state index contributed by atoms with van der Waals surface area (Å²) >= 11 is 5.72. The molecule has 2 atom stereocenters. The zero-order valence-electron chi connectivity index (χ0n) is 12.5. The van der Waals surface area contributed by atoms with Gasteiger partial charge in [0.05, 0.1) is 11.9 Å². The van der Waals surface area contributed by atoms with E-state index in [1.54, 1.807) is 12.1 Å². The number of halogens is 2. The second kappa shape index (κ2) is 6.80. The molecule has 0 amide bonds. The van der Waals surface area contributed by atoms with Gasteiger partial charge in [-0.05, 0) is 12.1 Å². The molecule has 1 aromatic rings. The second-order valence-electron chi connectivity index (χ2n) is 5.82. The monoisotopic (exact) mass is 350 g/mol. The molecule has 0 radical (unpaired) electrons. The van der Waals surface area contributed by atoms with Gasteiger partial charge in [0.15, 0.2) is 0 Å². The molecular weight excluding hydrogens is 331 g/mol. The average Bonchev–Trinajstić information content (AvgIpc) is 2.72. The maximum absolute atomic E-state index is 13.8. The highest BCUT2D eigenvalue weighted by atomic mass is 35.5. The Labute approximate surface area is 135 Å². The van der Waals surface area contributed by atoms with E-state index in [-0.39, 0.29) is 11.7 Å². The van der Waals surface area contributed by atoms with Crippen molar-refractivity contribution >= 4 is 21.6 Å². The molecular formula is C14H20ClFN2O3S. The summed E-state index contributed by atoms with van der Waals surface area (Å²) in [5.74, 6) is -0.880. The second-order valence-corrected chi connectivity index (χ2v) is 8.48. The zero-order valence-corrected chi connectivity index (χ0v) is 14.1. The van der Waals surface area contributed by atoms with Gasteiger partial charge in [-0.3, -0.25) is 4.90 Å². The van der Waals surface area contributed by atoms with E-state index in [0.717, 1.165) is 4.31 Å². The lowest BCUT2D eigenvalue weighted by Gasteiger charge is -2.18. The minimum absolute atomic E-state index is 0.110. The fourth-order valence-electron chi connectivity index (χ4n) is 2.54. The Balaban J connectivity index is 2.02. The van der Waals surface area contributed by atoms with Crippen LogP contribution in [0.1, 0.15) is 5.56 Å². The maximum atomic E-state index is 13.8. The third kappa shape index (κ3) is 4.17. The summed E-state index contributed by atoms with van der Waals surface area (Å²) in [5, 5.41) is 10.4. The number of sulfonamides is 1. The van der Waals surface area contributed by atoms with Crippen molar-refractivity contribution in [3.05, 3.63) is 34.6 Å². The van der Waals surface area contributed by atoms with Crippen LogP contribution in [0.3, 0.4) is 0 Å². The summed E-state index contributed by atoms with van der Waals surface area (Å²) in [6.07, 6.45) is -0.731. The lowest BCUT2D eigenvalue weighted by atomic mass is 10.1. The third-order valence-corrected chi connectivity index (χ3v) is 6.07. The highest BCUT2D eigenvalue weighted by Gasteiger charge is 2.35. The number of β-amino-alcohol motifs (C(OH)–C–C–N with tert-alkyl or cyclic N) is 1. The van der Waals surface area contributed by atoms with Gasteiger partial charge in [-0.1, -0.05) is 17.7 Å². The molecule has 0 aliphatic carbocycles. The minimum atomic E-state index is -3.37. The molecule has 8 heteroatoms. The van der Waals surface area contributed by atoms with Gasteiger partial charge in [0.1, 0.15) is 5.82 Å². The van der Waals surface area contributed by atoms with E-state index in [1.807, 2.05) is 4.90 Å². The lowest BCUT2D eigenvalue weighted by Crippen LogP contribution is -2.33. The molecule has 0 aromatic heterocycles. The number of nitrogens with zero attached hydrogens (tertiary/aromatic N) is 2. The van der Waals surface area contributed by atoms with E-state index in [4.69, 9.17) is 11.6 Å². The van der Waals surface area contributed by atoms with Gasteiger partial charge >= 0.3 is 0 Å². The quantitative estimate of drug-likeness (QED) is 0.865. The van der Waals surface area contributed by atoms with Crippen LogP contribution in [0.2, 0.25) is 5.02 Å². The van der Waals surface area contributed by atoms with Crippen LogP contribution in [-0.4, -0.2) is 61.8 Å². The van der Waals surface area contributed by atoms with Crippen molar-refractivity contribution in [2.75, 3.05) is 32.9 Å². The SMILES string of the molecule is CN(C)S(=O)(=O)C[C@@H]1CN(Cc2ccc(Cl)cc2F)C[C@H]1O. The summed E-state index contributed by atoms with van der Waals surface area (Å²) < 4.78 is 38.8. The molecule has 22 heavy (non-hydrogen) atoms. The van der Waals surface area contributed by atoms with Crippen LogP contribution in [-0.2, 0) is 16.6 Å². The Morgan fingerprint density at radius 2 is 2.09 bits per heavy atom. The number of aliphatic hydroxyl groups excluding tert-OH is 1. The fourth-order valence-corrected chi connectivity index (χ4v) is 3.87. The van der Waals surface area contributed by atoms with Crippen LogP contribution < -0.4 is 0 Å². The van der Waals surface area contributed by atoms with Gasteiger partial charge in [0, 0.05) is 50.2 Å². The molecule has 1 fully saturated rings. The Kier molecular flexibility index (Phi) is 5.45. The molecule has 0 unspecified atom stereocenters. The van der Waals surface area contributed by atoms with E-state index < -0.39 is 21.9 Å². The normalized spacial score (nSPS) is 23.4. The van der Waals surface area contributed by atoms with Crippen molar-refractivity contribution in [2.45, 2.75) is 12.6 Å². The first-order valence-electron chi connectivity index (χ1n) is 6.93. The first-order chi connectivity index (χ1) is 10.2. The smallest absolute Gasteiger partial charge is 0.214 e. The number of likely N-dealkylation sites (tertiary alicyclic amines) is 1. The summed E-state index contributed by atoms with van der Waals surface area (Å²) in [7, 11) is -0.430. The van der Waals surface area contributed by atoms with E-state index in [1.165, 1.54) is 20.2 Å². The molecule has 1 N–H and O–H groups in total. The molecule has 1 saturated heterocycles. The van der Waals surface area contributed by atoms with E-state index in [2.05, 4.69) is 0 Å². The van der Waals surface area contributed by atoms with Crippen molar-refractivity contribution in [3.63, 3.8) is 0 Å². The Morgan fingerprint density at radius 3 is 2.68 bits per heavy atom. The number of rotatable bonds is 5. The van der Waals surface area contributed by atoms with Crippen molar-refractivity contribution < 1.29 is 17.9 Å². The van der Waals surface area contributed by atoms with E-state index in [0.29, 0.717) is 30.2 Å². The highest BCUT2D eigenvalue weighted by Crippen LogP contribution is 2.23. The summed E-state index contributed by atoms with van der Waals surface area (Å²) in [6, 6.07) is 4.46. The predicted octanol–water partition coefficient (Wildman–Crippen LogP) is 1.16. The van der Waals surface area contributed by atoms with Crippen LogP contribution in [0.25, 0.3) is 0 Å². The van der Waals surface area contributed by atoms with Crippen LogP contribution in [0.15, 0.2) is 18.2 Å². The summed E-state index contributed by atoms with van der Waals surface area (Å²) in [5.41, 5.74) is 0.479. The highest BCUT2D eigenvalue weighted by molar-refractivity contribution is 7.89. The van der Waals surface area contributed by atoms with Crippen molar-refractivity contribution in [2.24, 2.45) is 5.92 Å². The molecule has 1 aromatic carbocycles. The van der Waals surface area contributed by atoms with Crippen LogP contribution >= 0.6 is 11.6 Å². The molecule has 1 heterocycles. The zero-order chi connectivity index (χ0) is 16.5. The molecule has 5 nitrogen and oxygen atoms in total. The standard InChI is InChI=1S/C14H20ClFN2O3S/c1-17(2)22(20,21)9-11-7-18(8-14(11)19)6-10-3-4-12(15)5-13(10)16/h3-5,11,14,19H,6-9H2,1-2H3/t11-,14+/m0/s1. The Morgan fingerprint density at radius 1 is 1.41 bits per heavy atom. The average molecular weight is 351 g/mol. The van der Waals surface area contributed by atoms with E-state index >= 15 is 0 Å². The minimum Gasteiger partial charge on any atom is -0.391 e. The predicted molar refractivity (Wildman–Crippen MR) is 83.7 cm³/mol. The van der Waals surface area contributed by atoms with Gasteiger partial charge in [-0.25, -0.2) is 17.1 Å². The first-order valence-corrected chi connectivity index (χ1v) is 8.92. The van der Waals surface area contributed by atoms with Gasteiger partial charge in [0.25, 0.3) is 0 Å². The van der Waals surface area contributed by atoms with Gasteiger partial charge in [-0.15, -0.1) is 0 Å². The van der Waals surface area contributed by atoms with Crippen LogP contribution in [0.4, 0.5) is 4.39 Å². The number of hydrogen-bond donors (Lipinski definition) is 1. The van der Waals surface area contributed by atoms with E-state index in [9.17, 15) is 17.9 Å². The van der Waals surface area contributed by atoms with Gasteiger partial charge in [0.2, 0.25) is 10.0 Å². The van der Waals surface area contributed by atoms with Gasteiger partial charge in [-0.2, -0.15) is 0 Å². The molecule has 2 rings (SSSR count). The lowest BCUT2D eigenvalue weighted by molar-refractivity contribution is 0.148. The largest absolute Gasteiger partial charge is 0.391 e. The summed E-state index contributed by atoms with van der Waals surface area (Å²) in [4.78, 5) is 1.85. The Bertz CT molecular complexity index is 639. The van der Waals surface area contributed by atoms with Crippen LogP contribution in [0, 0.1) is 11.7 Å². The maximum Gasteiger partial charge on any atom is 0.214 e. The summed E-state index contributed by atoms with van der Waals surface area (Å²) in [6.45, 7) is 1.06. The van der Waals surface area contributed by atoms with Crippen molar-refractivity contribution in [1.82, 2.24) is 9.21 Å². The number of hydrogen-bond acceptors (Lipinski definition) is 4. The topological polar surface area (TPSA) is 60.9 Å². The molecule has 1 aliphatic heterocycles. The van der Waals surface area contributed by atoms with Crippen molar-refractivity contribution in [1.29, 1.82) is 0 Å². The van der Waals surface area contributed by atoms with Crippen molar-refractivity contribution in [3.8, 4) is 0 Å². The fraction of sp³-hybridized carbons (Fsp3) is 0.571. The third-order valence-electron chi connectivity index (χ3n) is 3.87. The first kappa shape index (κ1) is 17.6. The Hall–Kier alpha value is -0.730. The molecule has 0 saturated carbocycles. The molecule has 124 valence electrons. The molecule has 0 spiro atoms. The number of benzene rings is 1. The molecule has 0 bridgehead atoms. The van der Waals surface area contributed by atoms with Crippen LogP contribution in [0.5, 0.6) is 0 Å².